The fourth-order valence-electron chi connectivity index (χ4n) is 3.31. The van der Waals surface area contributed by atoms with Gasteiger partial charge < -0.3 is 10.1 Å². The lowest BCUT2D eigenvalue weighted by Crippen LogP contribution is -2.46. The zero-order valence-corrected chi connectivity index (χ0v) is 17.4. The second-order valence-electron chi connectivity index (χ2n) is 7.65. The third-order valence-corrected chi connectivity index (χ3v) is 4.96. The van der Waals surface area contributed by atoms with E-state index < -0.39 is 30.2 Å². The third-order valence-electron chi connectivity index (χ3n) is 4.96. The van der Waals surface area contributed by atoms with Gasteiger partial charge in [-0.25, -0.2) is 9.18 Å². The number of carbonyl (C=O) groups is 3. The van der Waals surface area contributed by atoms with Gasteiger partial charge in [0.25, 0.3) is 0 Å². The lowest BCUT2D eigenvalue weighted by Gasteiger charge is -2.21. The van der Waals surface area contributed by atoms with E-state index in [1.54, 1.807) is 13.8 Å². The molecule has 6 heteroatoms. The summed E-state index contributed by atoms with van der Waals surface area (Å²) in [5.74, 6) is -2.32. The average molecular weight is 421 g/mol. The molecule has 3 aromatic rings. The summed E-state index contributed by atoms with van der Waals surface area (Å²) in [6, 6.07) is 17.8. The molecule has 31 heavy (non-hydrogen) atoms. The highest BCUT2D eigenvalue weighted by molar-refractivity contribution is 5.98. The van der Waals surface area contributed by atoms with Gasteiger partial charge in [0.1, 0.15) is 11.9 Å². The quantitative estimate of drug-likeness (QED) is 0.439. The van der Waals surface area contributed by atoms with Crippen LogP contribution >= 0.6 is 0 Å². The fraction of sp³-hybridized carbons (Fsp3) is 0.240. The normalized spacial score (nSPS) is 11.9. The van der Waals surface area contributed by atoms with Crippen molar-refractivity contribution in [2.24, 2.45) is 5.92 Å². The molecule has 0 spiro atoms. The third kappa shape index (κ3) is 5.75. The largest absolute Gasteiger partial charge is 0.456 e. The molecule has 3 rings (SSSR count). The summed E-state index contributed by atoms with van der Waals surface area (Å²) < 4.78 is 18.4. The van der Waals surface area contributed by atoms with Crippen molar-refractivity contribution in [2.75, 3.05) is 6.61 Å². The second-order valence-corrected chi connectivity index (χ2v) is 7.65. The molecule has 0 radical (unpaired) electrons. The van der Waals surface area contributed by atoms with Gasteiger partial charge in [-0.1, -0.05) is 68.4 Å². The Bertz CT molecular complexity index is 1100. The van der Waals surface area contributed by atoms with Crippen molar-refractivity contribution in [3.05, 3.63) is 83.7 Å². The van der Waals surface area contributed by atoms with E-state index in [0.29, 0.717) is 0 Å². The van der Waals surface area contributed by atoms with E-state index in [2.05, 4.69) is 5.32 Å². The zero-order valence-electron chi connectivity index (χ0n) is 17.4. The van der Waals surface area contributed by atoms with Crippen LogP contribution in [0.3, 0.4) is 0 Å². The first-order valence-corrected chi connectivity index (χ1v) is 10.1. The number of halogens is 1. The summed E-state index contributed by atoms with van der Waals surface area (Å²) in [6.45, 7) is 3.03. The first-order valence-electron chi connectivity index (χ1n) is 10.1. The molecule has 0 aromatic heterocycles. The van der Waals surface area contributed by atoms with Crippen molar-refractivity contribution in [3.8, 4) is 0 Å². The minimum atomic E-state index is -0.900. The summed E-state index contributed by atoms with van der Waals surface area (Å²) in [6.07, 6.45) is 0.111. The fourth-order valence-corrected chi connectivity index (χ4v) is 3.31. The molecule has 0 fully saturated rings. The highest BCUT2D eigenvalue weighted by Crippen LogP contribution is 2.19. The Morgan fingerprint density at radius 2 is 1.68 bits per heavy atom. The molecule has 0 aliphatic heterocycles. The molecule has 0 unspecified atom stereocenters. The van der Waals surface area contributed by atoms with Gasteiger partial charge in [-0.05, 0) is 34.4 Å². The van der Waals surface area contributed by atoms with E-state index in [-0.39, 0.29) is 23.8 Å². The van der Waals surface area contributed by atoms with Crippen molar-refractivity contribution < 1.29 is 23.5 Å². The van der Waals surface area contributed by atoms with Gasteiger partial charge in [0.05, 0.1) is 6.42 Å². The van der Waals surface area contributed by atoms with Crippen LogP contribution in [0.15, 0.2) is 66.7 Å². The molecule has 1 N–H and O–H groups in total. The Balaban J connectivity index is 1.62. The lowest BCUT2D eigenvalue weighted by atomic mass is 10.0. The summed E-state index contributed by atoms with van der Waals surface area (Å²) in [5.41, 5.74) is 0.974. The van der Waals surface area contributed by atoms with E-state index >= 15 is 0 Å². The number of benzene rings is 3. The molecule has 0 aliphatic carbocycles. The number of hydrogen-bond acceptors (Lipinski definition) is 4. The number of amides is 1. The molecule has 0 saturated carbocycles. The minimum absolute atomic E-state index is 0.111. The number of rotatable bonds is 8. The molecule has 0 bridgehead atoms. The Labute approximate surface area is 180 Å². The smallest absolute Gasteiger partial charge is 0.329 e. The van der Waals surface area contributed by atoms with Gasteiger partial charge in [-0.2, -0.15) is 0 Å². The summed E-state index contributed by atoms with van der Waals surface area (Å²) in [7, 11) is 0. The molecule has 0 saturated heterocycles. The van der Waals surface area contributed by atoms with Crippen molar-refractivity contribution in [2.45, 2.75) is 26.3 Å². The van der Waals surface area contributed by atoms with E-state index in [1.807, 2.05) is 42.5 Å². The molecule has 0 heterocycles. The highest BCUT2D eigenvalue weighted by atomic mass is 19.1. The maximum atomic E-state index is 13.3. The molecule has 3 aromatic carbocycles. The zero-order chi connectivity index (χ0) is 22.4. The minimum Gasteiger partial charge on any atom is -0.456 e. The number of ether oxygens (including phenoxy) is 1. The number of Topliss-reactive ketones (excluding diaryl/α,β-unsaturated/α-hetero) is 1. The predicted molar refractivity (Wildman–Crippen MR) is 116 cm³/mol. The molecule has 160 valence electrons. The standard InChI is InChI=1S/C25H24FNO4/c1-16(2)24(25(30)31-15-22(28)19-10-6-11-20(26)13-19)27-23(29)14-18-9-5-8-17-7-3-4-12-21(17)18/h3-13,16,24H,14-15H2,1-2H3,(H,27,29)/t24-/m0/s1. The van der Waals surface area contributed by atoms with E-state index in [0.717, 1.165) is 22.4 Å². The van der Waals surface area contributed by atoms with Crippen LogP contribution in [0, 0.1) is 11.7 Å². The molecule has 5 nitrogen and oxygen atoms in total. The number of carbonyl (C=O) groups excluding carboxylic acids is 3. The van der Waals surface area contributed by atoms with Crippen molar-refractivity contribution in [1.82, 2.24) is 5.32 Å². The van der Waals surface area contributed by atoms with Crippen LogP contribution in [0.1, 0.15) is 29.8 Å². The van der Waals surface area contributed by atoms with Gasteiger partial charge in [-0.3, -0.25) is 9.59 Å². The van der Waals surface area contributed by atoms with Crippen molar-refractivity contribution in [1.29, 1.82) is 0 Å². The Hall–Kier alpha value is -3.54. The average Bonchev–Trinajstić information content (AvgIpc) is 2.75. The molecular formula is C25H24FNO4. The first kappa shape index (κ1) is 22.2. The van der Waals surface area contributed by atoms with Crippen LogP contribution in [-0.2, 0) is 20.7 Å². The number of nitrogens with one attached hydrogen (secondary N) is 1. The topological polar surface area (TPSA) is 72.5 Å². The summed E-state index contributed by atoms with van der Waals surface area (Å²) in [5, 5.41) is 4.72. The van der Waals surface area contributed by atoms with Crippen molar-refractivity contribution >= 4 is 28.4 Å². The van der Waals surface area contributed by atoms with Gasteiger partial charge in [-0.15, -0.1) is 0 Å². The molecule has 1 atom stereocenters. The number of ketones is 1. The van der Waals surface area contributed by atoms with Gasteiger partial charge in [0.2, 0.25) is 5.91 Å². The van der Waals surface area contributed by atoms with E-state index in [1.165, 1.54) is 18.2 Å². The first-order chi connectivity index (χ1) is 14.8. The number of fused-ring (bicyclic) bond motifs is 1. The monoisotopic (exact) mass is 421 g/mol. The Morgan fingerprint density at radius 3 is 2.42 bits per heavy atom. The maximum absolute atomic E-state index is 13.3. The van der Waals surface area contributed by atoms with Crippen LogP contribution in [-0.4, -0.2) is 30.3 Å². The second kappa shape index (κ2) is 9.98. The number of esters is 1. The SMILES string of the molecule is CC(C)[C@H](NC(=O)Cc1cccc2ccccc12)C(=O)OCC(=O)c1cccc(F)c1. The van der Waals surface area contributed by atoms with Crippen molar-refractivity contribution in [3.63, 3.8) is 0 Å². The summed E-state index contributed by atoms with van der Waals surface area (Å²) in [4.78, 5) is 37.3. The lowest BCUT2D eigenvalue weighted by molar-refractivity contribution is -0.148. The summed E-state index contributed by atoms with van der Waals surface area (Å²) >= 11 is 0. The predicted octanol–water partition coefficient (Wildman–Crippen LogP) is 4.09. The van der Waals surface area contributed by atoms with E-state index in [9.17, 15) is 18.8 Å². The van der Waals surface area contributed by atoms with Crippen LogP contribution in [0.2, 0.25) is 0 Å². The van der Waals surface area contributed by atoms with Crippen LogP contribution in [0.4, 0.5) is 4.39 Å². The highest BCUT2D eigenvalue weighted by Gasteiger charge is 2.26. The van der Waals surface area contributed by atoms with Crippen LogP contribution in [0.25, 0.3) is 10.8 Å². The van der Waals surface area contributed by atoms with E-state index in [4.69, 9.17) is 4.74 Å². The molecular weight excluding hydrogens is 397 g/mol. The van der Waals surface area contributed by atoms with Gasteiger partial charge in [0.15, 0.2) is 12.4 Å². The molecule has 1 amide bonds. The van der Waals surface area contributed by atoms with Crippen LogP contribution in [0.5, 0.6) is 0 Å². The Morgan fingerprint density at radius 1 is 0.968 bits per heavy atom. The van der Waals surface area contributed by atoms with Gasteiger partial charge in [0, 0.05) is 5.56 Å². The van der Waals surface area contributed by atoms with Gasteiger partial charge >= 0.3 is 5.97 Å². The van der Waals surface area contributed by atoms with Crippen LogP contribution < -0.4 is 5.32 Å². The maximum Gasteiger partial charge on any atom is 0.329 e. The molecule has 0 aliphatic rings. The number of hydrogen-bond donors (Lipinski definition) is 1. The Kier molecular flexibility index (Phi) is 7.13.